The number of fused-ring (bicyclic) bond motifs is 2. The van der Waals surface area contributed by atoms with Crippen molar-refractivity contribution in [1.29, 1.82) is 0 Å². The number of aryl methyl sites for hydroxylation is 2. The molecule has 0 radical (unpaired) electrons. The number of aliphatic imine (C=N–C) groups is 1. The summed E-state index contributed by atoms with van der Waals surface area (Å²) in [5, 5.41) is 6.68. The summed E-state index contributed by atoms with van der Waals surface area (Å²) >= 11 is 6.57. The van der Waals surface area contributed by atoms with Crippen LogP contribution in [-0.4, -0.2) is 135 Å². The fourth-order valence-electron chi connectivity index (χ4n) is 8.39. The molecule has 75 heavy (non-hydrogen) atoms. The average molecular weight is 1130 g/mol. The quantitative estimate of drug-likeness (QED) is 0.0105. The number of nitrogens with one attached hydrogen (secondary N) is 1. The fraction of sp³-hybridized carbons (Fsp3) is 0.490. The van der Waals surface area contributed by atoms with Crippen LogP contribution in [0, 0.1) is 0 Å². The zero-order valence-electron chi connectivity index (χ0n) is 42.9. The summed E-state index contributed by atoms with van der Waals surface area (Å²) in [6.07, 6.45) is 9.91. The van der Waals surface area contributed by atoms with E-state index in [1.165, 1.54) is 12.1 Å². The molecule has 0 atom stereocenters. The smallest absolute Gasteiger partial charge is 0.379 e. The van der Waals surface area contributed by atoms with Crippen LogP contribution in [0.4, 0.5) is 11.5 Å². The molecule has 0 aliphatic carbocycles. The van der Waals surface area contributed by atoms with Gasteiger partial charge in [0.1, 0.15) is 6.20 Å². The first-order chi connectivity index (χ1) is 34.9. The number of carbonyl (C=O) groups is 1. The molecule has 0 saturated heterocycles. The van der Waals surface area contributed by atoms with E-state index in [9.17, 15) is 43.7 Å². The van der Waals surface area contributed by atoms with Crippen LogP contribution in [-0.2, 0) is 77.9 Å². The number of halogens is 1. The van der Waals surface area contributed by atoms with Crippen molar-refractivity contribution >= 4 is 70.7 Å². The number of aromatic nitrogens is 1. The molecule has 4 N–H and O–H groups in total. The minimum atomic E-state index is -4.57. The second kappa shape index (κ2) is 29.1. The van der Waals surface area contributed by atoms with Crippen LogP contribution < -0.4 is 44.3 Å². The molecule has 21 nitrogen and oxygen atoms in total. The predicted molar refractivity (Wildman–Crippen MR) is 281 cm³/mol. The Labute approximate surface area is 466 Å². The molecule has 404 valence electrons. The molecule has 0 bridgehead atoms. The summed E-state index contributed by atoms with van der Waals surface area (Å²) < 4.78 is 124. The molecule has 0 unspecified atom stereocenters. The van der Waals surface area contributed by atoms with Gasteiger partial charge in [-0.15, -0.1) is 0 Å². The van der Waals surface area contributed by atoms with Crippen molar-refractivity contribution in [2.45, 2.75) is 75.6 Å². The molecule has 2 aliphatic heterocycles. The van der Waals surface area contributed by atoms with E-state index in [0.29, 0.717) is 105 Å². The zero-order valence-corrected chi connectivity index (χ0v) is 48.1. The number of nitrogens with zero attached hydrogens (tertiary/aromatic N) is 6. The normalized spacial score (nSPS) is 15.6. The van der Waals surface area contributed by atoms with Gasteiger partial charge in [-0.1, -0.05) is 67.0 Å². The van der Waals surface area contributed by atoms with E-state index >= 15 is 0 Å². The van der Waals surface area contributed by atoms with E-state index < -0.39 is 52.7 Å². The van der Waals surface area contributed by atoms with Gasteiger partial charge in [-0.2, -0.15) is 25.3 Å². The van der Waals surface area contributed by atoms with Crippen LogP contribution in [0.1, 0.15) is 69.2 Å². The number of azide groups is 1. The van der Waals surface area contributed by atoms with Crippen molar-refractivity contribution in [1.82, 2.24) is 5.32 Å². The van der Waals surface area contributed by atoms with Crippen LogP contribution in [0.5, 0.6) is 0 Å². The maximum atomic E-state index is 13.0. The molecule has 0 spiro atoms. The molecule has 0 fully saturated rings. The molecule has 3 heterocycles. The molecule has 1 aromatic heterocycles. The molecule has 0 saturated carbocycles. The SMILES string of the molecule is CC1(C)C(/C=C/C(=C/C=C2/N(CCCS(=O)(=O)O)c3ccc(S(=O)(=O)O)cc3C2(C)C)c2cccc(CCC(=O)NCCOCCOCCOCCOCCN=[N+]=[N-])c2)=Nc2c1cc(Cl)c[n+]2CCCS(=O)(=O)O.[Na+]. The van der Waals surface area contributed by atoms with E-state index in [4.69, 9.17) is 41.1 Å². The summed E-state index contributed by atoms with van der Waals surface area (Å²) in [6.45, 7) is 11.5. The Balaban J connectivity index is 0.0000122. The minimum Gasteiger partial charge on any atom is -0.379 e. The van der Waals surface area contributed by atoms with Gasteiger partial charge in [0.25, 0.3) is 30.4 Å². The number of hydrogen-bond donors (Lipinski definition) is 4. The number of benzene rings is 2. The second-order valence-electron chi connectivity index (χ2n) is 18.4. The van der Waals surface area contributed by atoms with Crippen LogP contribution in [0.25, 0.3) is 16.0 Å². The molecular formula is C49H65ClN7NaO14S3+2. The summed E-state index contributed by atoms with van der Waals surface area (Å²) in [5.41, 5.74) is 12.3. The van der Waals surface area contributed by atoms with Crippen molar-refractivity contribution in [2.24, 2.45) is 10.1 Å². The maximum Gasteiger partial charge on any atom is 1.00 e. The standard InChI is InChI=1S/C49H64ClN7O14S3.Na/c1-48(2)42-33-39(50)35-56(20-6-30-72(59,60)61)47(42)54-44(48)15-11-37(12-16-45-49(3,4)41-34-40(74(65,66)67)13-14-43(41)57(45)21-7-31-73(62,63)64)38-9-5-8-36(32-38)10-17-46(58)52-18-22-68-24-26-70-28-29-71-27-25-69-23-19-53-55-51;/h5,8-9,11-16,32-35H,6-7,10,17-31H2,1-4H3,(H3-,52,58,59,60,61,62,63,64,65,66,67);/q;+1/p+1. The van der Waals surface area contributed by atoms with Crippen LogP contribution in [0.15, 0.2) is 99.7 Å². The summed E-state index contributed by atoms with van der Waals surface area (Å²) in [7, 11) is -13.1. The number of pyridine rings is 1. The Kier molecular flexibility index (Phi) is 24.6. The van der Waals surface area contributed by atoms with Gasteiger partial charge in [-0.05, 0) is 95.9 Å². The third-order valence-corrected chi connectivity index (χ3v) is 14.9. The van der Waals surface area contributed by atoms with Crippen LogP contribution in [0.2, 0.25) is 5.02 Å². The topological polar surface area (TPSA) is 297 Å². The predicted octanol–water partition coefficient (Wildman–Crippen LogP) is 3.54. The molecule has 26 heteroatoms. The van der Waals surface area contributed by atoms with Crippen molar-refractivity contribution < 1.29 is 96.8 Å². The second-order valence-corrected chi connectivity index (χ2v) is 23.4. The first-order valence-electron chi connectivity index (χ1n) is 23.8. The molecule has 5 rings (SSSR count). The van der Waals surface area contributed by atoms with E-state index in [1.54, 1.807) is 16.8 Å². The average Bonchev–Trinajstić information content (AvgIpc) is 3.70. The van der Waals surface area contributed by atoms with Crippen molar-refractivity contribution in [3.63, 3.8) is 0 Å². The van der Waals surface area contributed by atoms with Gasteiger partial charge in [-0.3, -0.25) is 18.5 Å². The van der Waals surface area contributed by atoms with Crippen molar-refractivity contribution in [2.75, 3.05) is 88.9 Å². The Morgan fingerprint density at radius 1 is 0.853 bits per heavy atom. The third kappa shape index (κ3) is 19.7. The van der Waals surface area contributed by atoms with E-state index in [1.807, 2.05) is 87.2 Å². The fourth-order valence-corrected chi connectivity index (χ4v) is 10.1. The molecule has 2 aliphatic rings. The number of rotatable bonds is 31. The Morgan fingerprint density at radius 2 is 1.49 bits per heavy atom. The van der Waals surface area contributed by atoms with Gasteiger partial charge in [0.05, 0.1) is 91.8 Å². The first kappa shape index (κ1) is 63.5. The Bertz CT molecular complexity index is 3000. The van der Waals surface area contributed by atoms with Crippen molar-refractivity contribution in [3.05, 3.63) is 122 Å². The summed E-state index contributed by atoms with van der Waals surface area (Å²) in [5.74, 6) is -0.543. The molecule has 1 amide bonds. The van der Waals surface area contributed by atoms with Gasteiger partial charge < -0.3 is 29.2 Å². The third-order valence-electron chi connectivity index (χ3n) is 12.2. The summed E-state index contributed by atoms with van der Waals surface area (Å²) in [6, 6.07) is 13.7. The largest absolute Gasteiger partial charge is 1.00 e. The number of carbonyl (C=O) groups excluding carboxylic acids is 1. The van der Waals surface area contributed by atoms with E-state index in [-0.39, 0.29) is 79.3 Å². The molecule has 3 aromatic rings. The van der Waals surface area contributed by atoms with Gasteiger partial charge >= 0.3 is 35.4 Å². The Morgan fingerprint density at radius 3 is 2.13 bits per heavy atom. The van der Waals surface area contributed by atoms with Gasteiger partial charge in [0.2, 0.25) is 5.91 Å². The van der Waals surface area contributed by atoms with Crippen LogP contribution >= 0.6 is 11.6 Å². The number of ether oxygens (including phenoxy) is 4. The molecular weight excluding hydrogens is 1070 g/mol. The maximum absolute atomic E-state index is 13.0. The summed E-state index contributed by atoms with van der Waals surface area (Å²) in [4.78, 5) is 22.2. The van der Waals surface area contributed by atoms with Gasteiger partial charge in [-0.25, -0.2) is 4.57 Å². The van der Waals surface area contributed by atoms with Crippen LogP contribution in [0.3, 0.4) is 0 Å². The Hall–Kier alpha value is -4.08. The van der Waals surface area contributed by atoms with Gasteiger partial charge in [0.15, 0.2) is 5.71 Å². The van der Waals surface area contributed by atoms with Crippen molar-refractivity contribution in [3.8, 4) is 0 Å². The monoisotopic (exact) mass is 1130 g/mol. The first-order valence-corrected chi connectivity index (χ1v) is 28.9. The number of amides is 1. The number of allylic oxidation sites excluding steroid dienone is 6. The van der Waals surface area contributed by atoms with Gasteiger partial charge in [0, 0.05) is 54.2 Å². The minimum absolute atomic E-state index is 0. The zero-order chi connectivity index (χ0) is 54.2. The number of hydrogen-bond acceptors (Lipinski definition) is 14. The van der Waals surface area contributed by atoms with E-state index in [2.05, 4.69) is 15.3 Å². The number of anilines is 1. The molecule has 2 aromatic carbocycles. The van der Waals surface area contributed by atoms with E-state index in [0.717, 1.165) is 16.7 Å².